The van der Waals surface area contributed by atoms with Crippen LogP contribution in [0.4, 0.5) is 0 Å². The van der Waals surface area contributed by atoms with Crippen LogP contribution in [0.1, 0.15) is 376 Å². The summed E-state index contributed by atoms with van der Waals surface area (Å²) in [4.78, 5) is 72.7. The number of aliphatic hydroxyl groups excluding tert-OH is 1. The first-order valence-electron chi connectivity index (χ1n) is 38.8. The molecule has 0 saturated carbocycles. The minimum Gasteiger partial charge on any atom is -0.462 e. The predicted octanol–water partition coefficient (Wildman–Crippen LogP) is 21.7. The van der Waals surface area contributed by atoms with Crippen LogP contribution in [-0.4, -0.2) is 96.7 Å². The highest BCUT2D eigenvalue weighted by Gasteiger charge is 2.30. The number of carbonyl (C=O) groups excluding carboxylic acids is 4. The molecule has 7 atom stereocenters. The fourth-order valence-corrected chi connectivity index (χ4v) is 12.9. The number of hydrogen-bond donors (Lipinski definition) is 3. The highest BCUT2D eigenvalue weighted by Crippen LogP contribution is 2.45. The Bertz CT molecular complexity index is 1850. The predicted molar refractivity (Wildman–Crippen MR) is 381 cm³/mol. The molecule has 94 heavy (non-hydrogen) atoms. The molecule has 558 valence electrons. The van der Waals surface area contributed by atoms with Gasteiger partial charge >= 0.3 is 39.5 Å². The molecule has 0 saturated heterocycles. The lowest BCUT2D eigenvalue weighted by molar-refractivity contribution is -0.161. The van der Waals surface area contributed by atoms with E-state index in [1.807, 2.05) is 0 Å². The van der Waals surface area contributed by atoms with E-state index in [0.29, 0.717) is 25.7 Å². The van der Waals surface area contributed by atoms with E-state index in [2.05, 4.69) is 55.4 Å². The van der Waals surface area contributed by atoms with Crippen molar-refractivity contribution in [3.63, 3.8) is 0 Å². The quantitative estimate of drug-likeness (QED) is 0.0222. The van der Waals surface area contributed by atoms with E-state index in [1.165, 1.54) is 173 Å². The summed E-state index contributed by atoms with van der Waals surface area (Å²) in [5.41, 5.74) is 0. The van der Waals surface area contributed by atoms with Crippen LogP contribution in [0.5, 0.6) is 0 Å². The zero-order valence-electron chi connectivity index (χ0n) is 61.6. The SMILES string of the molecule is CCC(C)CCCCCCCCC(=O)OC[C@H](COP(=O)(O)OC[C@H](O)COP(=O)(O)OC[C@@H](COC(=O)CCCCCCCCCCCCC(C)C)OC(=O)CCCCCCCCCCCCCCCCCCCCC(C)C)OC(=O)CCCCCCCCC(C)CC. The first-order valence-corrected chi connectivity index (χ1v) is 41.8. The number of rotatable bonds is 72. The fourth-order valence-electron chi connectivity index (χ4n) is 11.3. The van der Waals surface area contributed by atoms with Crippen LogP contribution in [0.2, 0.25) is 0 Å². The second-order valence-corrected chi connectivity index (χ2v) is 31.4. The van der Waals surface area contributed by atoms with Gasteiger partial charge < -0.3 is 33.8 Å². The van der Waals surface area contributed by atoms with E-state index in [9.17, 15) is 43.2 Å². The molecule has 0 aliphatic rings. The number of aliphatic hydroxyl groups is 1. The number of ether oxygens (including phenoxy) is 4. The molecule has 0 heterocycles. The van der Waals surface area contributed by atoms with Crippen molar-refractivity contribution in [1.29, 1.82) is 0 Å². The Kier molecular flexibility index (Phi) is 63.1. The van der Waals surface area contributed by atoms with Gasteiger partial charge in [0.15, 0.2) is 12.2 Å². The van der Waals surface area contributed by atoms with Gasteiger partial charge in [-0.25, -0.2) is 9.13 Å². The van der Waals surface area contributed by atoms with Gasteiger partial charge in [-0.3, -0.25) is 37.3 Å². The molecule has 0 spiro atoms. The third-order valence-electron chi connectivity index (χ3n) is 18.0. The lowest BCUT2D eigenvalue weighted by Crippen LogP contribution is -2.30. The molecule has 0 rings (SSSR count). The van der Waals surface area contributed by atoms with E-state index in [-0.39, 0.29) is 25.7 Å². The molecule has 0 aliphatic heterocycles. The Hall–Kier alpha value is -1.94. The summed E-state index contributed by atoms with van der Waals surface area (Å²) in [5.74, 6) is 0.903. The van der Waals surface area contributed by atoms with Crippen LogP contribution < -0.4 is 0 Å². The Morgan fingerprint density at radius 1 is 0.298 bits per heavy atom. The summed E-state index contributed by atoms with van der Waals surface area (Å²) in [6.45, 7) is 14.1. The molecule has 3 N–H and O–H groups in total. The fraction of sp³-hybridized carbons (Fsp3) is 0.947. The third-order valence-corrected chi connectivity index (χ3v) is 19.9. The molecule has 0 amide bonds. The molecule has 0 radical (unpaired) electrons. The van der Waals surface area contributed by atoms with Gasteiger partial charge in [0.25, 0.3) is 0 Å². The van der Waals surface area contributed by atoms with E-state index < -0.39 is 97.5 Å². The zero-order chi connectivity index (χ0) is 69.6. The van der Waals surface area contributed by atoms with Crippen LogP contribution in [0.3, 0.4) is 0 Å². The monoisotopic (exact) mass is 1380 g/mol. The second-order valence-electron chi connectivity index (χ2n) is 28.5. The molecule has 0 aromatic heterocycles. The molecule has 0 fully saturated rings. The maximum Gasteiger partial charge on any atom is 0.472 e. The lowest BCUT2D eigenvalue weighted by Gasteiger charge is -2.21. The van der Waals surface area contributed by atoms with Gasteiger partial charge in [-0.15, -0.1) is 0 Å². The van der Waals surface area contributed by atoms with Gasteiger partial charge in [0.05, 0.1) is 26.4 Å². The van der Waals surface area contributed by atoms with Gasteiger partial charge in [-0.05, 0) is 49.4 Å². The Labute approximate surface area is 575 Å². The normalized spacial score (nSPS) is 14.7. The Morgan fingerprint density at radius 3 is 0.755 bits per heavy atom. The van der Waals surface area contributed by atoms with Crippen LogP contribution in [0, 0.1) is 23.7 Å². The highest BCUT2D eigenvalue weighted by atomic mass is 31.2. The number of phosphoric ester groups is 2. The van der Waals surface area contributed by atoms with Gasteiger partial charge in [-0.1, -0.05) is 325 Å². The van der Waals surface area contributed by atoms with Crippen molar-refractivity contribution in [1.82, 2.24) is 0 Å². The third kappa shape index (κ3) is 66.0. The summed E-state index contributed by atoms with van der Waals surface area (Å²) in [5, 5.41) is 10.6. The summed E-state index contributed by atoms with van der Waals surface area (Å²) in [6, 6.07) is 0. The molecule has 0 aliphatic carbocycles. The van der Waals surface area contributed by atoms with E-state index in [0.717, 1.165) is 120 Å². The minimum absolute atomic E-state index is 0.102. The molecular formula is C75H146O17P2. The molecule has 19 heteroatoms. The number of unbranched alkanes of at least 4 members (excludes halogenated alkanes) is 36. The Morgan fingerprint density at radius 2 is 0.511 bits per heavy atom. The van der Waals surface area contributed by atoms with Crippen molar-refractivity contribution in [2.75, 3.05) is 39.6 Å². The van der Waals surface area contributed by atoms with Crippen LogP contribution in [-0.2, 0) is 65.4 Å². The minimum atomic E-state index is -4.96. The number of phosphoric acid groups is 2. The van der Waals surface area contributed by atoms with Gasteiger partial charge in [-0.2, -0.15) is 0 Å². The van der Waals surface area contributed by atoms with Crippen LogP contribution >= 0.6 is 15.6 Å². The average molecular weight is 1380 g/mol. The highest BCUT2D eigenvalue weighted by molar-refractivity contribution is 7.47. The van der Waals surface area contributed by atoms with Crippen molar-refractivity contribution in [3.8, 4) is 0 Å². The first kappa shape index (κ1) is 92.1. The van der Waals surface area contributed by atoms with Crippen molar-refractivity contribution < 1.29 is 80.2 Å². The molecule has 0 aromatic rings. The first-order chi connectivity index (χ1) is 45.2. The summed E-state index contributed by atoms with van der Waals surface area (Å²) in [7, 11) is -9.91. The average Bonchev–Trinajstić information content (AvgIpc) is 1.28. The Balaban J connectivity index is 5.20. The largest absolute Gasteiger partial charge is 0.472 e. The molecule has 4 unspecified atom stereocenters. The van der Waals surface area contributed by atoms with Crippen molar-refractivity contribution >= 4 is 39.5 Å². The van der Waals surface area contributed by atoms with Gasteiger partial charge in [0, 0.05) is 25.7 Å². The molecule has 0 aromatic carbocycles. The smallest absolute Gasteiger partial charge is 0.462 e. The maximum absolute atomic E-state index is 13.1. The molecule has 17 nitrogen and oxygen atoms in total. The maximum atomic E-state index is 13.1. The topological polar surface area (TPSA) is 237 Å². The van der Waals surface area contributed by atoms with Gasteiger partial charge in [0.1, 0.15) is 19.3 Å². The molecular weight excluding hydrogens is 1230 g/mol. The second kappa shape index (κ2) is 64.4. The standard InChI is InChI=1S/C75H146O17P2/c1-9-67(7)53-45-37-31-33-40-48-56-73(78)86-62-71(92-75(80)58-50-42-34-32-38-46-54-68(8)10-2)64-90-94(83,84)88-60-69(76)59-87-93(81,82)89-63-70(61-85-72(77)55-47-39-29-25-22-21-24-28-36-44-52-66(5)6)91-74(79)57-49-41-30-26-20-18-16-14-12-11-13-15-17-19-23-27-35-43-51-65(3)4/h65-71,76H,9-64H2,1-8H3,(H,81,82)(H,83,84)/t67?,68?,69-,70-,71-/m1/s1. The van der Waals surface area contributed by atoms with Crippen molar-refractivity contribution in [3.05, 3.63) is 0 Å². The van der Waals surface area contributed by atoms with Gasteiger partial charge in [0.2, 0.25) is 0 Å². The summed E-state index contributed by atoms with van der Waals surface area (Å²) in [6.07, 6.45) is 48.8. The summed E-state index contributed by atoms with van der Waals surface area (Å²) < 4.78 is 68.4. The molecule has 0 bridgehead atoms. The number of esters is 4. The van der Waals surface area contributed by atoms with Crippen molar-refractivity contribution in [2.45, 2.75) is 395 Å². The van der Waals surface area contributed by atoms with Crippen LogP contribution in [0.25, 0.3) is 0 Å². The summed E-state index contributed by atoms with van der Waals surface area (Å²) >= 11 is 0. The van der Waals surface area contributed by atoms with Crippen molar-refractivity contribution in [2.24, 2.45) is 23.7 Å². The zero-order valence-corrected chi connectivity index (χ0v) is 63.4. The van der Waals surface area contributed by atoms with E-state index in [4.69, 9.17) is 37.0 Å². The number of carbonyl (C=O) groups is 4. The lowest BCUT2D eigenvalue weighted by atomic mass is 10.00. The van der Waals surface area contributed by atoms with E-state index >= 15 is 0 Å². The van der Waals surface area contributed by atoms with E-state index in [1.54, 1.807) is 0 Å². The number of hydrogen-bond acceptors (Lipinski definition) is 15. The van der Waals surface area contributed by atoms with Crippen LogP contribution in [0.15, 0.2) is 0 Å².